The molecule has 1 N–H and O–H groups in total. The second-order valence-corrected chi connectivity index (χ2v) is 5.25. The van der Waals surface area contributed by atoms with Crippen molar-refractivity contribution in [3.63, 3.8) is 0 Å². The Hall–Kier alpha value is -3.28. The van der Waals surface area contributed by atoms with Crippen LogP contribution in [0.15, 0.2) is 71.7 Å². The largest absolute Gasteiger partial charge is 0.338 e. The van der Waals surface area contributed by atoms with Crippen molar-refractivity contribution in [3.05, 3.63) is 94.2 Å². The molecule has 0 spiro atoms. The van der Waals surface area contributed by atoms with Crippen LogP contribution in [-0.2, 0) is 7.05 Å². The van der Waals surface area contributed by atoms with E-state index in [4.69, 9.17) is 0 Å². The van der Waals surface area contributed by atoms with Crippen molar-refractivity contribution in [1.82, 2.24) is 20.1 Å². The average Bonchev–Trinajstić information content (AvgIpc) is 2.63. The Morgan fingerprint density at radius 1 is 1.04 bits per heavy atom. The third-order valence-electron chi connectivity index (χ3n) is 3.58. The van der Waals surface area contributed by atoms with Gasteiger partial charge in [-0.1, -0.05) is 36.4 Å². The molecular formula is C18H16N4O2. The van der Waals surface area contributed by atoms with Gasteiger partial charge in [-0.2, -0.15) is 5.10 Å². The van der Waals surface area contributed by atoms with Gasteiger partial charge in [0.05, 0.1) is 11.7 Å². The van der Waals surface area contributed by atoms with Crippen LogP contribution in [0.1, 0.15) is 27.8 Å². The van der Waals surface area contributed by atoms with E-state index in [9.17, 15) is 9.59 Å². The van der Waals surface area contributed by atoms with Gasteiger partial charge in [0.1, 0.15) is 5.69 Å². The van der Waals surface area contributed by atoms with E-state index in [-0.39, 0.29) is 17.2 Å². The minimum absolute atomic E-state index is 0.175. The topological polar surface area (TPSA) is 76.9 Å². The molecule has 0 fully saturated rings. The van der Waals surface area contributed by atoms with E-state index in [0.717, 1.165) is 15.9 Å². The summed E-state index contributed by atoms with van der Waals surface area (Å²) in [5.41, 5.74) is 1.54. The number of aromatic nitrogens is 3. The van der Waals surface area contributed by atoms with Gasteiger partial charge in [0.2, 0.25) is 0 Å². The highest BCUT2D eigenvalue weighted by atomic mass is 16.2. The third kappa shape index (κ3) is 3.38. The number of carbonyl (C=O) groups is 1. The number of aryl methyl sites for hydroxylation is 1. The molecule has 6 nitrogen and oxygen atoms in total. The van der Waals surface area contributed by atoms with Gasteiger partial charge in [-0.25, -0.2) is 4.68 Å². The van der Waals surface area contributed by atoms with Gasteiger partial charge in [0.25, 0.3) is 11.5 Å². The summed E-state index contributed by atoms with van der Waals surface area (Å²) >= 11 is 0. The van der Waals surface area contributed by atoms with Crippen LogP contribution in [0.5, 0.6) is 0 Å². The highest BCUT2D eigenvalue weighted by molar-refractivity contribution is 5.92. The standard InChI is InChI=1S/C18H16N4O2/c1-22-16(23)11-10-15(21-22)18(24)20-17(13-7-3-2-4-8-13)14-9-5-6-12-19-14/h2-12,17H,1H3,(H,20,24)/t17-/m1/s1. The molecule has 1 atom stereocenters. The first-order chi connectivity index (χ1) is 11.6. The first-order valence-electron chi connectivity index (χ1n) is 7.46. The van der Waals surface area contributed by atoms with Crippen LogP contribution in [0.3, 0.4) is 0 Å². The maximum absolute atomic E-state index is 12.5. The Morgan fingerprint density at radius 3 is 2.46 bits per heavy atom. The molecule has 3 aromatic rings. The van der Waals surface area contributed by atoms with Gasteiger partial charge < -0.3 is 5.32 Å². The predicted molar refractivity (Wildman–Crippen MR) is 89.5 cm³/mol. The van der Waals surface area contributed by atoms with Crippen molar-refractivity contribution in [3.8, 4) is 0 Å². The van der Waals surface area contributed by atoms with Gasteiger partial charge in [0.15, 0.2) is 0 Å². The molecular weight excluding hydrogens is 304 g/mol. The molecule has 0 saturated heterocycles. The lowest BCUT2D eigenvalue weighted by Crippen LogP contribution is -2.32. The van der Waals surface area contributed by atoms with Crippen LogP contribution in [0.4, 0.5) is 0 Å². The Labute approximate surface area is 138 Å². The number of carbonyl (C=O) groups excluding carboxylic acids is 1. The molecule has 0 aliphatic rings. The monoisotopic (exact) mass is 320 g/mol. The van der Waals surface area contributed by atoms with Crippen molar-refractivity contribution >= 4 is 5.91 Å². The van der Waals surface area contributed by atoms with E-state index in [0.29, 0.717) is 0 Å². The molecule has 0 aliphatic heterocycles. The van der Waals surface area contributed by atoms with E-state index in [1.165, 1.54) is 19.2 Å². The predicted octanol–water partition coefficient (Wildman–Crippen LogP) is 1.69. The summed E-state index contributed by atoms with van der Waals surface area (Å²) in [6, 6.07) is 17.4. The first-order valence-corrected chi connectivity index (χ1v) is 7.46. The molecule has 3 rings (SSSR count). The Bertz CT molecular complexity index is 852. The number of benzene rings is 1. The van der Waals surface area contributed by atoms with Crippen molar-refractivity contribution in [2.75, 3.05) is 0 Å². The zero-order chi connectivity index (χ0) is 16.9. The van der Waals surface area contributed by atoms with Crippen LogP contribution in [0.2, 0.25) is 0 Å². The van der Waals surface area contributed by atoms with Crippen molar-refractivity contribution in [2.24, 2.45) is 7.05 Å². The summed E-state index contributed by atoms with van der Waals surface area (Å²) in [5.74, 6) is -0.370. The molecule has 0 aliphatic carbocycles. The maximum Gasteiger partial charge on any atom is 0.272 e. The Balaban J connectivity index is 1.93. The van der Waals surface area contributed by atoms with Gasteiger partial charge in [-0.3, -0.25) is 14.6 Å². The van der Waals surface area contributed by atoms with E-state index in [1.807, 2.05) is 48.5 Å². The van der Waals surface area contributed by atoms with Crippen molar-refractivity contribution in [1.29, 1.82) is 0 Å². The van der Waals surface area contributed by atoms with E-state index < -0.39 is 6.04 Å². The zero-order valence-electron chi connectivity index (χ0n) is 13.1. The highest BCUT2D eigenvalue weighted by Crippen LogP contribution is 2.20. The molecule has 0 unspecified atom stereocenters. The maximum atomic E-state index is 12.5. The lowest BCUT2D eigenvalue weighted by Gasteiger charge is -2.18. The minimum atomic E-state index is -0.404. The van der Waals surface area contributed by atoms with Gasteiger partial charge in [-0.15, -0.1) is 0 Å². The van der Waals surface area contributed by atoms with Gasteiger partial charge in [-0.05, 0) is 23.8 Å². The van der Waals surface area contributed by atoms with Crippen LogP contribution >= 0.6 is 0 Å². The smallest absolute Gasteiger partial charge is 0.272 e. The molecule has 0 saturated carbocycles. The second kappa shape index (κ2) is 6.87. The normalized spacial score (nSPS) is 11.7. The fraction of sp³-hybridized carbons (Fsp3) is 0.111. The second-order valence-electron chi connectivity index (χ2n) is 5.25. The van der Waals surface area contributed by atoms with Crippen molar-refractivity contribution in [2.45, 2.75) is 6.04 Å². The lowest BCUT2D eigenvalue weighted by molar-refractivity contribution is 0.0935. The summed E-state index contributed by atoms with van der Waals surface area (Å²) in [6.07, 6.45) is 1.68. The molecule has 120 valence electrons. The summed E-state index contributed by atoms with van der Waals surface area (Å²) in [7, 11) is 1.51. The molecule has 0 radical (unpaired) electrons. The summed E-state index contributed by atoms with van der Waals surface area (Å²) < 4.78 is 1.13. The first kappa shape index (κ1) is 15.6. The minimum Gasteiger partial charge on any atom is -0.338 e. The average molecular weight is 320 g/mol. The number of pyridine rings is 1. The van der Waals surface area contributed by atoms with Crippen LogP contribution in [-0.4, -0.2) is 20.7 Å². The summed E-state index contributed by atoms with van der Waals surface area (Å²) in [6.45, 7) is 0. The third-order valence-corrected chi connectivity index (χ3v) is 3.58. The fourth-order valence-electron chi connectivity index (χ4n) is 2.35. The van der Waals surface area contributed by atoms with E-state index >= 15 is 0 Å². The molecule has 24 heavy (non-hydrogen) atoms. The molecule has 2 heterocycles. The van der Waals surface area contributed by atoms with E-state index in [1.54, 1.807) is 6.20 Å². The number of hydrogen-bond acceptors (Lipinski definition) is 4. The van der Waals surface area contributed by atoms with Crippen LogP contribution in [0, 0.1) is 0 Å². The quantitative estimate of drug-likeness (QED) is 0.794. The molecule has 6 heteroatoms. The molecule has 0 bridgehead atoms. The SMILES string of the molecule is Cn1nc(C(=O)N[C@H](c2ccccc2)c2ccccn2)ccc1=O. The van der Waals surface area contributed by atoms with Crippen molar-refractivity contribution < 1.29 is 4.79 Å². The lowest BCUT2D eigenvalue weighted by atomic mass is 10.0. The zero-order valence-corrected chi connectivity index (χ0v) is 13.1. The number of nitrogens with zero attached hydrogens (tertiary/aromatic N) is 3. The summed E-state index contributed by atoms with van der Waals surface area (Å²) in [5, 5.41) is 6.92. The highest BCUT2D eigenvalue weighted by Gasteiger charge is 2.19. The Kier molecular flexibility index (Phi) is 4.47. The van der Waals surface area contributed by atoms with E-state index in [2.05, 4.69) is 15.4 Å². The fourth-order valence-corrected chi connectivity index (χ4v) is 2.35. The molecule has 2 aromatic heterocycles. The number of hydrogen-bond donors (Lipinski definition) is 1. The number of amides is 1. The summed E-state index contributed by atoms with van der Waals surface area (Å²) in [4.78, 5) is 28.3. The van der Waals surface area contributed by atoms with Crippen LogP contribution in [0.25, 0.3) is 0 Å². The number of nitrogens with one attached hydrogen (secondary N) is 1. The molecule has 1 aromatic carbocycles. The molecule has 1 amide bonds. The van der Waals surface area contributed by atoms with Crippen LogP contribution < -0.4 is 10.9 Å². The van der Waals surface area contributed by atoms with Gasteiger partial charge in [0, 0.05) is 19.3 Å². The Morgan fingerprint density at radius 2 is 1.79 bits per heavy atom. The van der Waals surface area contributed by atoms with Gasteiger partial charge >= 0.3 is 0 Å². The number of rotatable bonds is 4.